The van der Waals surface area contributed by atoms with Crippen LogP contribution in [0.25, 0.3) is 6.08 Å². The van der Waals surface area contributed by atoms with Gasteiger partial charge in [-0.25, -0.2) is 0 Å². The molecule has 0 unspecified atom stereocenters. The number of ether oxygens (including phenoxy) is 4. The molecule has 0 bridgehead atoms. The predicted octanol–water partition coefficient (Wildman–Crippen LogP) is 3.02. The maximum atomic E-state index is 12.2. The Bertz CT molecular complexity index is 801. The molecule has 2 aromatic rings. The van der Waals surface area contributed by atoms with Crippen LogP contribution in [-0.4, -0.2) is 51.3 Å². The quantitative estimate of drug-likeness (QED) is 0.702. The standard InChI is InChI=1S/C21H23NO5/c1-22(11-12-25-18-7-5-17(24-2)6-8-18)21(23)10-4-16-3-9-19-20(15-16)27-14-13-26-19/h3-10,15H,11-14H2,1-2H3/b10-4+. The molecule has 0 aromatic heterocycles. The summed E-state index contributed by atoms with van der Waals surface area (Å²) < 4.78 is 21.8. The molecule has 3 rings (SSSR count). The van der Waals surface area contributed by atoms with Crippen molar-refractivity contribution in [1.29, 1.82) is 0 Å². The molecule has 0 saturated heterocycles. The number of nitrogens with zero attached hydrogens (tertiary/aromatic N) is 1. The van der Waals surface area contributed by atoms with Crippen LogP contribution in [0, 0.1) is 0 Å². The van der Waals surface area contributed by atoms with Gasteiger partial charge >= 0.3 is 0 Å². The highest BCUT2D eigenvalue weighted by Gasteiger charge is 2.11. The Morgan fingerprint density at radius 2 is 1.78 bits per heavy atom. The smallest absolute Gasteiger partial charge is 0.246 e. The summed E-state index contributed by atoms with van der Waals surface area (Å²) in [5, 5.41) is 0. The average molecular weight is 369 g/mol. The number of carbonyl (C=O) groups excluding carboxylic acids is 1. The van der Waals surface area contributed by atoms with Gasteiger partial charge in [0.15, 0.2) is 11.5 Å². The monoisotopic (exact) mass is 369 g/mol. The summed E-state index contributed by atoms with van der Waals surface area (Å²) in [6.45, 7) is 1.99. The maximum Gasteiger partial charge on any atom is 0.246 e. The van der Waals surface area contributed by atoms with Crippen LogP contribution in [0.15, 0.2) is 48.5 Å². The molecule has 27 heavy (non-hydrogen) atoms. The molecule has 1 aliphatic rings. The second-order valence-corrected chi connectivity index (χ2v) is 6.02. The van der Waals surface area contributed by atoms with Gasteiger partial charge in [0.1, 0.15) is 31.3 Å². The van der Waals surface area contributed by atoms with Crippen LogP contribution >= 0.6 is 0 Å². The third-order valence-electron chi connectivity index (χ3n) is 4.12. The van der Waals surface area contributed by atoms with Gasteiger partial charge < -0.3 is 23.8 Å². The van der Waals surface area contributed by atoms with E-state index in [0.717, 1.165) is 22.8 Å². The normalized spacial score (nSPS) is 12.7. The molecule has 0 fully saturated rings. The fraction of sp³-hybridized carbons (Fsp3) is 0.286. The Balaban J connectivity index is 1.47. The van der Waals surface area contributed by atoms with Crippen LogP contribution in [0.4, 0.5) is 0 Å². The van der Waals surface area contributed by atoms with E-state index >= 15 is 0 Å². The zero-order chi connectivity index (χ0) is 19.1. The lowest BCUT2D eigenvalue weighted by Crippen LogP contribution is -2.29. The third kappa shape index (κ3) is 5.17. The van der Waals surface area contributed by atoms with Crippen molar-refractivity contribution >= 4 is 12.0 Å². The Morgan fingerprint density at radius 1 is 1.07 bits per heavy atom. The van der Waals surface area contributed by atoms with Gasteiger partial charge in [-0.2, -0.15) is 0 Å². The van der Waals surface area contributed by atoms with Gasteiger partial charge in [0.05, 0.1) is 13.7 Å². The van der Waals surface area contributed by atoms with Crippen molar-refractivity contribution in [2.75, 3.05) is 40.5 Å². The van der Waals surface area contributed by atoms with E-state index in [1.165, 1.54) is 0 Å². The summed E-state index contributed by atoms with van der Waals surface area (Å²) in [5.41, 5.74) is 0.885. The Hall–Kier alpha value is -3.15. The van der Waals surface area contributed by atoms with Crippen molar-refractivity contribution in [3.8, 4) is 23.0 Å². The molecule has 0 N–H and O–H groups in total. The summed E-state index contributed by atoms with van der Waals surface area (Å²) in [6.07, 6.45) is 3.31. The fourth-order valence-electron chi connectivity index (χ4n) is 2.54. The predicted molar refractivity (Wildman–Crippen MR) is 103 cm³/mol. The summed E-state index contributed by atoms with van der Waals surface area (Å²) in [7, 11) is 3.36. The highest BCUT2D eigenvalue weighted by molar-refractivity contribution is 5.91. The molecule has 0 saturated carbocycles. The molecule has 142 valence electrons. The van der Waals surface area contributed by atoms with E-state index in [1.54, 1.807) is 31.2 Å². The molecule has 1 amide bonds. The van der Waals surface area contributed by atoms with Gasteiger partial charge in [-0.1, -0.05) is 6.07 Å². The summed E-state index contributed by atoms with van der Waals surface area (Å²) in [4.78, 5) is 13.9. The number of amides is 1. The fourth-order valence-corrected chi connectivity index (χ4v) is 2.54. The molecule has 0 atom stereocenters. The first-order valence-electron chi connectivity index (χ1n) is 8.75. The van der Waals surface area contributed by atoms with E-state index in [1.807, 2.05) is 42.5 Å². The maximum absolute atomic E-state index is 12.2. The molecular formula is C21H23NO5. The minimum absolute atomic E-state index is 0.0942. The Morgan fingerprint density at radius 3 is 2.52 bits per heavy atom. The van der Waals surface area contributed by atoms with Crippen molar-refractivity contribution < 1.29 is 23.7 Å². The third-order valence-corrected chi connectivity index (χ3v) is 4.12. The number of carbonyl (C=O) groups is 1. The van der Waals surface area contributed by atoms with Gasteiger partial charge in [-0.3, -0.25) is 4.79 Å². The van der Waals surface area contributed by atoms with Crippen molar-refractivity contribution in [3.05, 3.63) is 54.1 Å². The Kier molecular flexibility index (Phi) is 6.20. The molecule has 0 radical (unpaired) electrons. The van der Waals surface area contributed by atoms with Gasteiger partial charge in [-0.15, -0.1) is 0 Å². The lowest BCUT2D eigenvalue weighted by atomic mass is 10.2. The molecule has 1 aliphatic heterocycles. The van der Waals surface area contributed by atoms with E-state index in [0.29, 0.717) is 32.1 Å². The molecule has 6 nitrogen and oxygen atoms in total. The summed E-state index contributed by atoms with van der Waals surface area (Å²) in [5.74, 6) is 2.86. The van der Waals surface area contributed by atoms with Crippen molar-refractivity contribution in [2.45, 2.75) is 0 Å². The first kappa shape index (κ1) is 18.6. The van der Waals surface area contributed by atoms with E-state index in [4.69, 9.17) is 18.9 Å². The molecule has 6 heteroatoms. The summed E-state index contributed by atoms with van der Waals surface area (Å²) >= 11 is 0. The van der Waals surface area contributed by atoms with Crippen LogP contribution in [0.2, 0.25) is 0 Å². The highest BCUT2D eigenvalue weighted by Crippen LogP contribution is 2.31. The van der Waals surface area contributed by atoms with E-state index in [2.05, 4.69) is 0 Å². The van der Waals surface area contributed by atoms with Crippen molar-refractivity contribution in [1.82, 2.24) is 4.90 Å². The van der Waals surface area contributed by atoms with Crippen LogP contribution in [0.3, 0.4) is 0 Å². The van der Waals surface area contributed by atoms with Gasteiger partial charge in [0.2, 0.25) is 5.91 Å². The molecule has 2 aromatic carbocycles. The first-order chi connectivity index (χ1) is 13.2. The Labute approximate surface area is 158 Å². The first-order valence-corrected chi connectivity index (χ1v) is 8.75. The number of rotatable bonds is 7. The number of hydrogen-bond acceptors (Lipinski definition) is 5. The van der Waals surface area contributed by atoms with E-state index < -0.39 is 0 Å². The van der Waals surface area contributed by atoms with Crippen LogP contribution in [-0.2, 0) is 4.79 Å². The largest absolute Gasteiger partial charge is 0.497 e. The van der Waals surface area contributed by atoms with E-state index in [9.17, 15) is 4.79 Å². The topological polar surface area (TPSA) is 57.2 Å². The number of hydrogen-bond donors (Lipinski definition) is 0. The van der Waals surface area contributed by atoms with Crippen LogP contribution < -0.4 is 18.9 Å². The zero-order valence-electron chi connectivity index (χ0n) is 15.5. The zero-order valence-corrected chi connectivity index (χ0v) is 15.5. The lowest BCUT2D eigenvalue weighted by molar-refractivity contribution is -0.125. The number of likely N-dealkylation sites (N-methyl/N-ethyl adjacent to an activating group) is 1. The average Bonchev–Trinajstić information content (AvgIpc) is 2.72. The SMILES string of the molecule is COc1ccc(OCCN(C)C(=O)/C=C/c2ccc3c(c2)OCCO3)cc1. The molecule has 0 spiro atoms. The van der Waals surface area contributed by atoms with Gasteiger partial charge in [0, 0.05) is 13.1 Å². The second kappa shape index (κ2) is 8.98. The number of fused-ring (bicyclic) bond motifs is 1. The molecule has 1 heterocycles. The minimum Gasteiger partial charge on any atom is -0.497 e. The van der Waals surface area contributed by atoms with Crippen LogP contribution in [0.5, 0.6) is 23.0 Å². The number of benzene rings is 2. The minimum atomic E-state index is -0.0942. The molecule has 0 aliphatic carbocycles. The van der Waals surface area contributed by atoms with Crippen molar-refractivity contribution in [3.63, 3.8) is 0 Å². The lowest BCUT2D eigenvalue weighted by Gasteiger charge is -2.18. The number of methoxy groups -OCH3 is 1. The van der Waals surface area contributed by atoms with Crippen LogP contribution in [0.1, 0.15) is 5.56 Å². The molecular weight excluding hydrogens is 346 g/mol. The summed E-state index contributed by atoms with van der Waals surface area (Å²) in [6, 6.07) is 13.0. The van der Waals surface area contributed by atoms with Gasteiger partial charge in [0.25, 0.3) is 0 Å². The highest BCUT2D eigenvalue weighted by atomic mass is 16.6. The van der Waals surface area contributed by atoms with E-state index in [-0.39, 0.29) is 5.91 Å². The van der Waals surface area contributed by atoms with Gasteiger partial charge in [-0.05, 0) is 48.0 Å². The van der Waals surface area contributed by atoms with Crippen molar-refractivity contribution in [2.24, 2.45) is 0 Å². The second-order valence-electron chi connectivity index (χ2n) is 6.02.